The van der Waals surface area contributed by atoms with E-state index in [0.717, 1.165) is 17.7 Å². The van der Waals surface area contributed by atoms with E-state index in [1.807, 2.05) is 26.0 Å². The Kier molecular flexibility index (Phi) is 4.56. The van der Waals surface area contributed by atoms with Gasteiger partial charge in [-0.3, -0.25) is 0 Å². The molecule has 2 nitrogen and oxygen atoms in total. The minimum atomic E-state index is -0.146. The molecule has 0 saturated carbocycles. The van der Waals surface area contributed by atoms with Crippen molar-refractivity contribution in [2.24, 2.45) is 0 Å². The Bertz CT molecular complexity index is 314. The highest BCUT2D eigenvalue weighted by Gasteiger charge is 2.04. The second-order valence-corrected chi connectivity index (χ2v) is 3.66. The molecule has 1 aromatic rings. The van der Waals surface area contributed by atoms with Gasteiger partial charge in [0, 0.05) is 18.8 Å². The molecule has 0 saturated heterocycles. The molecule has 1 aromatic carbocycles. The maximum atomic E-state index is 13.4. The number of ether oxygens (including phenoxy) is 1. The van der Waals surface area contributed by atoms with E-state index in [4.69, 9.17) is 4.74 Å². The molecule has 1 atom stereocenters. The third kappa shape index (κ3) is 3.51. The molecular weight excluding hydrogens is 193 g/mol. The van der Waals surface area contributed by atoms with Gasteiger partial charge in [-0.25, -0.2) is 4.39 Å². The van der Waals surface area contributed by atoms with Crippen LogP contribution in [0.3, 0.4) is 0 Å². The van der Waals surface area contributed by atoms with Gasteiger partial charge in [0.2, 0.25) is 0 Å². The molecule has 0 aromatic heterocycles. The first-order chi connectivity index (χ1) is 7.17. The highest BCUT2D eigenvalue weighted by molar-refractivity contribution is 5.46. The minimum absolute atomic E-state index is 0.146. The lowest BCUT2D eigenvalue weighted by atomic mass is 10.1. The topological polar surface area (TPSA) is 21.3 Å². The van der Waals surface area contributed by atoms with Crippen LogP contribution in [-0.4, -0.2) is 19.8 Å². The number of rotatable bonds is 5. The van der Waals surface area contributed by atoms with Crippen molar-refractivity contribution in [3.05, 3.63) is 29.6 Å². The predicted molar refractivity (Wildman–Crippen MR) is 60.7 cm³/mol. The lowest BCUT2D eigenvalue weighted by Gasteiger charge is -2.14. The third-order valence-electron chi connectivity index (χ3n) is 2.26. The van der Waals surface area contributed by atoms with Crippen LogP contribution < -0.4 is 5.32 Å². The van der Waals surface area contributed by atoms with Gasteiger partial charge in [0.1, 0.15) is 5.82 Å². The van der Waals surface area contributed by atoms with Crippen molar-refractivity contribution in [1.29, 1.82) is 0 Å². The first-order valence-corrected chi connectivity index (χ1v) is 5.21. The molecule has 3 heteroatoms. The SMILES string of the molecule is CCc1ccc(NC(C)COC)cc1F. The smallest absolute Gasteiger partial charge is 0.128 e. The summed E-state index contributed by atoms with van der Waals surface area (Å²) in [5.41, 5.74) is 1.55. The molecule has 0 radical (unpaired) electrons. The Balaban J connectivity index is 2.66. The lowest BCUT2D eigenvalue weighted by molar-refractivity contribution is 0.190. The summed E-state index contributed by atoms with van der Waals surface area (Å²) in [6, 6.07) is 5.43. The van der Waals surface area contributed by atoms with Crippen molar-refractivity contribution in [1.82, 2.24) is 0 Å². The molecule has 1 N–H and O–H groups in total. The summed E-state index contributed by atoms with van der Waals surface area (Å²) in [5.74, 6) is -0.146. The minimum Gasteiger partial charge on any atom is -0.383 e. The van der Waals surface area contributed by atoms with E-state index < -0.39 is 0 Å². The highest BCUT2D eigenvalue weighted by atomic mass is 19.1. The number of hydrogen-bond acceptors (Lipinski definition) is 2. The fourth-order valence-electron chi connectivity index (χ4n) is 1.50. The zero-order chi connectivity index (χ0) is 11.3. The van der Waals surface area contributed by atoms with Gasteiger partial charge in [0.15, 0.2) is 0 Å². The van der Waals surface area contributed by atoms with E-state index in [9.17, 15) is 4.39 Å². The molecule has 0 bridgehead atoms. The van der Waals surface area contributed by atoms with E-state index in [1.54, 1.807) is 7.11 Å². The van der Waals surface area contributed by atoms with Crippen LogP contribution in [0.4, 0.5) is 10.1 Å². The van der Waals surface area contributed by atoms with Crippen molar-refractivity contribution in [3.8, 4) is 0 Å². The van der Waals surface area contributed by atoms with Crippen molar-refractivity contribution in [2.75, 3.05) is 19.0 Å². The van der Waals surface area contributed by atoms with Gasteiger partial charge < -0.3 is 10.1 Å². The van der Waals surface area contributed by atoms with Gasteiger partial charge in [-0.05, 0) is 31.0 Å². The Morgan fingerprint density at radius 2 is 2.20 bits per heavy atom. The summed E-state index contributed by atoms with van der Waals surface area (Å²) < 4.78 is 18.4. The fourth-order valence-corrected chi connectivity index (χ4v) is 1.50. The first kappa shape index (κ1) is 12.0. The molecule has 0 fully saturated rings. The van der Waals surface area contributed by atoms with E-state index in [1.165, 1.54) is 6.07 Å². The summed E-state index contributed by atoms with van der Waals surface area (Å²) in [4.78, 5) is 0. The normalized spacial score (nSPS) is 12.5. The van der Waals surface area contributed by atoms with Crippen molar-refractivity contribution in [2.45, 2.75) is 26.3 Å². The molecular formula is C12H18FNO. The predicted octanol–water partition coefficient (Wildman–Crippen LogP) is 2.83. The molecule has 0 spiro atoms. The Morgan fingerprint density at radius 3 is 2.73 bits per heavy atom. The van der Waals surface area contributed by atoms with Gasteiger partial charge >= 0.3 is 0 Å². The molecule has 15 heavy (non-hydrogen) atoms. The van der Waals surface area contributed by atoms with Crippen LogP contribution in [0.1, 0.15) is 19.4 Å². The molecule has 0 aliphatic heterocycles. The first-order valence-electron chi connectivity index (χ1n) is 5.21. The Hall–Kier alpha value is -1.09. The molecule has 0 aliphatic rings. The number of aryl methyl sites for hydroxylation is 1. The van der Waals surface area contributed by atoms with Crippen molar-refractivity contribution in [3.63, 3.8) is 0 Å². The third-order valence-corrected chi connectivity index (χ3v) is 2.26. The standard InChI is InChI=1S/C12H18FNO/c1-4-10-5-6-11(7-12(10)13)14-9(2)8-15-3/h5-7,9,14H,4,8H2,1-3H3. The molecule has 1 unspecified atom stereocenters. The number of halogens is 1. The molecule has 1 rings (SSSR count). The van der Waals surface area contributed by atoms with Gasteiger partial charge in [-0.15, -0.1) is 0 Å². The number of benzene rings is 1. The average molecular weight is 211 g/mol. The van der Waals surface area contributed by atoms with E-state index in [0.29, 0.717) is 6.61 Å². The second-order valence-electron chi connectivity index (χ2n) is 3.66. The molecule has 0 heterocycles. The van der Waals surface area contributed by atoms with Crippen LogP contribution in [-0.2, 0) is 11.2 Å². The molecule has 0 amide bonds. The van der Waals surface area contributed by atoms with E-state index in [-0.39, 0.29) is 11.9 Å². The van der Waals surface area contributed by atoms with Crippen molar-refractivity contribution < 1.29 is 9.13 Å². The highest BCUT2D eigenvalue weighted by Crippen LogP contribution is 2.15. The largest absolute Gasteiger partial charge is 0.383 e. The van der Waals surface area contributed by atoms with Crippen LogP contribution in [0.2, 0.25) is 0 Å². The zero-order valence-corrected chi connectivity index (χ0v) is 9.51. The number of hydrogen-bond donors (Lipinski definition) is 1. The Labute approximate surface area is 90.4 Å². The number of methoxy groups -OCH3 is 1. The number of nitrogens with one attached hydrogen (secondary N) is 1. The van der Waals surface area contributed by atoms with Crippen LogP contribution in [0.15, 0.2) is 18.2 Å². The maximum absolute atomic E-state index is 13.4. The van der Waals surface area contributed by atoms with E-state index >= 15 is 0 Å². The summed E-state index contributed by atoms with van der Waals surface area (Å²) >= 11 is 0. The monoisotopic (exact) mass is 211 g/mol. The van der Waals surface area contributed by atoms with Crippen molar-refractivity contribution >= 4 is 5.69 Å². The van der Waals surface area contributed by atoms with Crippen LogP contribution in [0.5, 0.6) is 0 Å². The van der Waals surface area contributed by atoms with E-state index in [2.05, 4.69) is 5.32 Å². The summed E-state index contributed by atoms with van der Waals surface area (Å²) in [5, 5.41) is 3.17. The number of anilines is 1. The summed E-state index contributed by atoms with van der Waals surface area (Å²) in [6.45, 7) is 4.55. The molecule has 84 valence electrons. The van der Waals surface area contributed by atoms with Gasteiger partial charge in [0.05, 0.1) is 6.61 Å². The second kappa shape index (κ2) is 5.71. The van der Waals surface area contributed by atoms with Gasteiger partial charge in [-0.1, -0.05) is 13.0 Å². The van der Waals surface area contributed by atoms with Crippen LogP contribution >= 0.6 is 0 Å². The summed E-state index contributed by atoms with van der Waals surface area (Å²) in [6.07, 6.45) is 0.722. The van der Waals surface area contributed by atoms with Crippen LogP contribution in [0, 0.1) is 5.82 Å². The summed E-state index contributed by atoms with van der Waals surface area (Å²) in [7, 11) is 1.65. The van der Waals surface area contributed by atoms with Gasteiger partial charge in [-0.2, -0.15) is 0 Å². The fraction of sp³-hybridized carbons (Fsp3) is 0.500. The molecule has 0 aliphatic carbocycles. The lowest BCUT2D eigenvalue weighted by Crippen LogP contribution is -2.20. The average Bonchev–Trinajstić information content (AvgIpc) is 2.18. The quantitative estimate of drug-likeness (QED) is 0.808. The Morgan fingerprint density at radius 1 is 1.47 bits per heavy atom. The van der Waals surface area contributed by atoms with Gasteiger partial charge in [0.25, 0.3) is 0 Å². The maximum Gasteiger partial charge on any atom is 0.128 e. The van der Waals surface area contributed by atoms with Crippen LogP contribution in [0.25, 0.3) is 0 Å². The zero-order valence-electron chi connectivity index (χ0n) is 9.51.